The molecule has 4 aliphatic rings. The number of H-pyrrole nitrogens is 1. The first-order valence-corrected chi connectivity index (χ1v) is 34.4. The number of nitrogens with one attached hydrogen (secondary N) is 1. The number of allylic oxidation sites excluding steroid dienone is 1. The summed E-state index contributed by atoms with van der Waals surface area (Å²) >= 11 is 3.47. The molecule has 0 bridgehead atoms. The Morgan fingerprint density at radius 1 is 0.660 bits per heavy atom. The maximum absolute atomic E-state index is 13.2. The van der Waals surface area contributed by atoms with E-state index in [9.17, 15) is 19.2 Å². The lowest BCUT2D eigenvalue weighted by Crippen LogP contribution is -2.51. The Hall–Kier alpha value is -8.55. The number of ketones is 1. The summed E-state index contributed by atoms with van der Waals surface area (Å²) in [7, 11) is 0. The molecule has 4 aliphatic heterocycles. The summed E-state index contributed by atoms with van der Waals surface area (Å²) in [6, 6.07) is 18.7. The largest absolute Gasteiger partial charge is 0.379 e. The molecule has 4 fully saturated rings. The van der Waals surface area contributed by atoms with Gasteiger partial charge in [-0.05, 0) is 54.4 Å². The van der Waals surface area contributed by atoms with Crippen molar-refractivity contribution in [3.63, 3.8) is 0 Å². The Morgan fingerprint density at radius 2 is 1.22 bits per heavy atom. The van der Waals surface area contributed by atoms with Crippen molar-refractivity contribution in [2.24, 2.45) is 10.2 Å². The molecule has 0 saturated carbocycles. The average Bonchev–Trinajstić information content (AvgIpc) is 1.69. The molecule has 1 N–H and O–H groups in total. The Bertz CT molecular complexity index is 3900. The van der Waals surface area contributed by atoms with E-state index in [1.54, 1.807) is 28.7 Å². The van der Waals surface area contributed by atoms with Crippen molar-refractivity contribution in [3.8, 4) is 22.8 Å². The fourth-order valence-corrected chi connectivity index (χ4v) is 13.8. The van der Waals surface area contributed by atoms with Gasteiger partial charge in [0.15, 0.2) is 29.1 Å². The standard InChI is InChI=1S/C33H41N11O5S.C33H42N8O5S/c1-2-29(45)44(13-17-49-19-18-47-14-6-35-40-34)23-30(46)42-9-7-41(8-10-42)22-24-20-28-31(50-24)33(43-11-15-48-16-12-43)38-32(37-28)25-4-3-5-27-26(25)21-36-39-27;1-25-4-2-5-26(22-25)32-36-29-23-28(47-31(29)33(37-32)41-14-18-46-19-15-41)24-39-10-12-40(13-11-39)30(43)8-7-27(42)6-3-16-44-20-21-45-17-9-35-38-34/h2-5,20-21H,1,6-19,22-23H2,(H,36,39);2-6,22-23H,7-21,24H2,1H3/b;6-3+. The number of aromatic amines is 1. The van der Waals surface area contributed by atoms with Gasteiger partial charge in [-0.2, -0.15) is 5.10 Å². The molecule has 29 nitrogen and oxygen atoms in total. The first-order valence-electron chi connectivity index (χ1n) is 32.7. The fourth-order valence-electron chi connectivity index (χ4n) is 11.5. The van der Waals surface area contributed by atoms with E-state index in [2.05, 4.69) is 93.7 Å². The highest BCUT2D eigenvalue weighted by Crippen LogP contribution is 2.38. The number of nitrogens with zero attached hydrogens (tertiary/aromatic N) is 18. The van der Waals surface area contributed by atoms with Crippen LogP contribution in [0.25, 0.3) is 75.0 Å². The first-order chi connectivity index (χ1) is 47.5. The van der Waals surface area contributed by atoms with Gasteiger partial charge in [0.1, 0.15) is 6.54 Å². The van der Waals surface area contributed by atoms with Crippen LogP contribution in [0.3, 0.4) is 0 Å². The topological polar surface area (TPSA) is 324 Å². The third-order valence-corrected chi connectivity index (χ3v) is 18.8. The van der Waals surface area contributed by atoms with E-state index in [0.717, 1.165) is 112 Å². The minimum absolute atomic E-state index is 0.0106. The van der Waals surface area contributed by atoms with Crippen LogP contribution >= 0.6 is 22.7 Å². The number of morpholine rings is 2. The lowest BCUT2D eigenvalue weighted by molar-refractivity contribution is -0.140. The number of benzene rings is 2. The van der Waals surface area contributed by atoms with Crippen LogP contribution in [-0.4, -0.2) is 262 Å². The number of aryl methyl sites for hydroxylation is 1. The number of azide groups is 2. The number of aromatic nitrogens is 6. The molecule has 0 unspecified atom stereocenters. The molecule has 514 valence electrons. The number of piperazine rings is 2. The van der Waals surface area contributed by atoms with Crippen molar-refractivity contribution < 1.29 is 47.6 Å². The van der Waals surface area contributed by atoms with Gasteiger partial charge in [-0.3, -0.25) is 34.1 Å². The van der Waals surface area contributed by atoms with Crippen LogP contribution in [0.2, 0.25) is 0 Å². The van der Waals surface area contributed by atoms with E-state index in [-0.39, 0.29) is 75.7 Å². The van der Waals surface area contributed by atoms with Crippen molar-refractivity contribution in [2.45, 2.75) is 32.9 Å². The van der Waals surface area contributed by atoms with Crippen molar-refractivity contribution in [3.05, 3.63) is 122 Å². The highest BCUT2D eigenvalue weighted by molar-refractivity contribution is 7.20. The lowest BCUT2D eigenvalue weighted by Gasteiger charge is -2.35. The second-order valence-corrected chi connectivity index (χ2v) is 25.5. The molecular weight excluding hydrogens is 1280 g/mol. The number of carbonyl (C=O) groups excluding carboxylic acids is 4. The molecule has 9 heterocycles. The Kier molecular flexibility index (Phi) is 27.4. The SMILES string of the molecule is C=CC(=O)N(CCOCCOCCN=[N+]=[N-])CC(=O)N1CCN(Cc2cc3nc(-c4cccc5[nH]ncc45)nc(N4CCOCC4)c3s2)CC1.Cc1cccc(-c2nc(N3CCOCC3)c3sc(CN4CCN(C(=O)CCC(=O)/C=C/COCCOCCN=[N+]=[N-])CC4)cc3n2)c1. The zero-order valence-corrected chi connectivity index (χ0v) is 56.4. The van der Waals surface area contributed by atoms with Crippen LogP contribution in [0.4, 0.5) is 11.6 Å². The van der Waals surface area contributed by atoms with Gasteiger partial charge < -0.3 is 52.9 Å². The highest BCUT2D eigenvalue weighted by Gasteiger charge is 2.28. The summed E-state index contributed by atoms with van der Waals surface area (Å²) in [5.74, 6) is 2.81. The van der Waals surface area contributed by atoms with Crippen molar-refractivity contribution in [1.29, 1.82) is 0 Å². The molecule has 4 saturated heterocycles. The van der Waals surface area contributed by atoms with Crippen molar-refractivity contribution >= 4 is 89.2 Å². The first kappa shape index (κ1) is 71.2. The van der Waals surface area contributed by atoms with Crippen LogP contribution in [-0.2, 0) is 60.7 Å². The van der Waals surface area contributed by atoms with Crippen LogP contribution < -0.4 is 9.80 Å². The number of amides is 3. The van der Waals surface area contributed by atoms with Gasteiger partial charge in [0.05, 0.1) is 111 Å². The third-order valence-electron chi connectivity index (χ3n) is 16.6. The smallest absolute Gasteiger partial charge is 0.246 e. The molecule has 0 atom stereocenters. The number of carbonyl (C=O) groups is 4. The maximum atomic E-state index is 13.2. The van der Waals surface area contributed by atoms with E-state index < -0.39 is 0 Å². The van der Waals surface area contributed by atoms with Gasteiger partial charge in [0, 0.05) is 160 Å². The van der Waals surface area contributed by atoms with E-state index in [1.807, 2.05) is 40.3 Å². The average molecular weight is 1370 g/mol. The van der Waals surface area contributed by atoms with E-state index in [0.29, 0.717) is 111 Å². The number of fused-ring (bicyclic) bond motifs is 3. The number of rotatable bonds is 32. The normalized spacial score (nSPS) is 15.6. The van der Waals surface area contributed by atoms with E-state index in [4.69, 9.17) is 59.4 Å². The number of anilines is 2. The van der Waals surface area contributed by atoms with Gasteiger partial charge in [0.25, 0.3) is 0 Å². The summed E-state index contributed by atoms with van der Waals surface area (Å²) in [6.45, 7) is 21.8. The van der Waals surface area contributed by atoms with Gasteiger partial charge in [-0.25, -0.2) is 19.9 Å². The summed E-state index contributed by atoms with van der Waals surface area (Å²) in [4.78, 5) is 93.1. The second-order valence-electron chi connectivity index (χ2n) is 23.3. The van der Waals surface area contributed by atoms with Gasteiger partial charge in [-0.15, -0.1) is 22.7 Å². The molecule has 0 aliphatic carbocycles. The van der Waals surface area contributed by atoms with Gasteiger partial charge >= 0.3 is 0 Å². The number of thiophene rings is 2. The predicted molar refractivity (Wildman–Crippen MR) is 371 cm³/mol. The predicted octanol–water partition coefficient (Wildman–Crippen LogP) is 7.47. The monoisotopic (exact) mass is 1370 g/mol. The number of hydrogen-bond acceptors (Lipinski definition) is 23. The molecule has 0 spiro atoms. The Labute approximate surface area is 570 Å². The molecule has 0 radical (unpaired) electrons. The van der Waals surface area contributed by atoms with Crippen LogP contribution in [0, 0.1) is 6.92 Å². The molecule has 5 aromatic heterocycles. The van der Waals surface area contributed by atoms with Gasteiger partial charge in [0.2, 0.25) is 17.7 Å². The fraction of sp³-hybridized carbons (Fsp3) is 0.500. The minimum Gasteiger partial charge on any atom is -0.379 e. The zero-order valence-electron chi connectivity index (χ0n) is 54.8. The van der Waals surface area contributed by atoms with E-state index in [1.165, 1.54) is 32.4 Å². The zero-order chi connectivity index (χ0) is 67.6. The second kappa shape index (κ2) is 37.3. The Morgan fingerprint density at radius 3 is 1.80 bits per heavy atom. The Balaban J connectivity index is 0.000000211. The highest BCUT2D eigenvalue weighted by atomic mass is 32.1. The van der Waals surface area contributed by atoms with Crippen LogP contribution in [0.15, 0.2) is 95.8 Å². The molecule has 3 amide bonds. The molecule has 31 heteroatoms. The third kappa shape index (κ3) is 20.7. The molecule has 97 heavy (non-hydrogen) atoms. The summed E-state index contributed by atoms with van der Waals surface area (Å²) < 4.78 is 34.9. The molecule has 2 aromatic carbocycles. The van der Waals surface area contributed by atoms with Crippen LogP contribution in [0.5, 0.6) is 0 Å². The quantitative estimate of drug-likeness (QED) is 0.0140. The van der Waals surface area contributed by atoms with Gasteiger partial charge in [-0.1, -0.05) is 58.8 Å². The molecule has 7 aromatic rings. The summed E-state index contributed by atoms with van der Waals surface area (Å²) in [5.41, 5.74) is 22.4. The maximum Gasteiger partial charge on any atom is 0.246 e. The summed E-state index contributed by atoms with van der Waals surface area (Å²) in [5, 5.41) is 15.0. The number of hydrogen-bond donors (Lipinski definition) is 1. The summed E-state index contributed by atoms with van der Waals surface area (Å²) in [6.07, 6.45) is 6.53. The van der Waals surface area contributed by atoms with Crippen molar-refractivity contribution in [2.75, 3.05) is 194 Å². The molecular formula is C66H83N19O10S2. The minimum atomic E-state index is -0.319. The van der Waals surface area contributed by atoms with Crippen molar-refractivity contribution in [1.82, 2.24) is 54.6 Å². The lowest BCUT2D eigenvalue weighted by atomic mass is 10.1. The molecule has 11 rings (SSSR count). The van der Waals surface area contributed by atoms with E-state index >= 15 is 0 Å². The van der Waals surface area contributed by atoms with Crippen LogP contribution in [0.1, 0.15) is 28.2 Å². The number of ether oxygens (including phenoxy) is 6.